The number of hydrogen-bond acceptors (Lipinski definition) is 7. The normalized spacial score (nSPS) is 11.0. The summed E-state index contributed by atoms with van der Waals surface area (Å²) < 4.78 is 7.25. The van der Waals surface area contributed by atoms with Gasteiger partial charge in [0.05, 0.1) is 24.6 Å². The molecule has 0 bridgehead atoms. The van der Waals surface area contributed by atoms with Crippen LogP contribution in [0, 0.1) is 12.3 Å². The Labute approximate surface area is 173 Å². The minimum Gasteiger partial charge on any atom is -0.494 e. The van der Waals surface area contributed by atoms with Gasteiger partial charge in [-0.2, -0.15) is 0 Å². The molecule has 0 radical (unpaired) electrons. The number of aliphatic hydroxyl groups is 1. The number of nitrogen functional groups attached to an aromatic ring is 1. The van der Waals surface area contributed by atoms with Crippen molar-refractivity contribution in [1.82, 2.24) is 19.5 Å². The molecule has 0 amide bonds. The Morgan fingerprint density at radius 3 is 2.50 bits per heavy atom. The van der Waals surface area contributed by atoms with Gasteiger partial charge in [0.1, 0.15) is 17.0 Å². The monoisotopic (exact) mass is 402 g/mol. The molecule has 0 saturated carbocycles. The molecular weight excluding hydrogens is 380 g/mol. The molecule has 8 nitrogen and oxygen atoms in total. The maximum Gasteiger partial charge on any atom is 0.207 e. The standard InChI is InChI=1S/C22H22N6O2/c1-3-30-15-10-8-14(9-11-15)20-25-18(16(23)12-29)19-21(27-20)28(22(24)26-19)17-7-5-4-6-13(17)2/h4-11,23,29H,3,12H2,1-2H3,(H2,24,26). The number of aryl methyl sites for hydroxylation is 1. The molecule has 0 saturated heterocycles. The van der Waals surface area contributed by atoms with E-state index in [1.54, 1.807) is 4.57 Å². The minimum atomic E-state index is -0.466. The molecule has 2 heterocycles. The van der Waals surface area contributed by atoms with Gasteiger partial charge in [0.15, 0.2) is 11.5 Å². The lowest BCUT2D eigenvalue weighted by Gasteiger charge is -2.11. The summed E-state index contributed by atoms with van der Waals surface area (Å²) in [7, 11) is 0. The molecule has 2 aromatic carbocycles. The highest BCUT2D eigenvalue weighted by molar-refractivity contribution is 6.07. The molecule has 0 aliphatic carbocycles. The van der Waals surface area contributed by atoms with E-state index in [0.717, 1.165) is 22.6 Å². The van der Waals surface area contributed by atoms with Gasteiger partial charge in [-0.15, -0.1) is 0 Å². The molecule has 0 fully saturated rings. The van der Waals surface area contributed by atoms with Crippen molar-refractivity contribution in [2.75, 3.05) is 18.9 Å². The van der Waals surface area contributed by atoms with Gasteiger partial charge in [0.25, 0.3) is 0 Å². The second-order valence-electron chi connectivity index (χ2n) is 6.75. The Morgan fingerprint density at radius 1 is 1.10 bits per heavy atom. The summed E-state index contributed by atoms with van der Waals surface area (Å²) in [6, 6.07) is 15.2. The molecule has 4 aromatic rings. The van der Waals surface area contributed by atoms with Crippen LogP contribution in [-0.2, 0) is 0 Å². The van der Waals surface area contributed by atoms with Crippen molar-refractivity contribution in [2.45, 2.75) is 13.8 Å². The van der Waals surface area contributed by atoms with Gasteiger partial charge < -0.3 is 21.0 Å². The number of nitrogens with two attached hydrogens (primary N) is 1. The van der Waals surface area contributed by atoms with Crippen LogP contribution < -0.4 is 10.5 Å². The highest BCUT2D eigenvalue weighted by Crippen LogP contribution is 2.28. The third kappa shape index (κ3) is 3.37. The maximum absolute atomic E-state index is 9.57. The molecule has 0 atom stereocenters. The Hall–Kier alpha value is -3.78. The number of anilines is 1. The van der Waals surface area contributed by atoms with Crippen molar-refractivity contribution < 1.29 is 9.84 Å². The molecule has 4 N–H and O–H groups in total. The van der Waals surface area contributed by atoms with Crippen molar-refractivity contribution in [3.8, 4) is 22.8 Å². The van der Waals surface area contributed by atoms with E-state index in [-0.39, 0.29) is 17.4 Å². The predicted octanol–water partition coefficient (Wildman–Crippen LogP) is 3.13. The van der Waals surface area contributed by atoms with Crippen LogP contribution in [-0.4, -0.2) is 43.6 Å². The van der Waals surface area contributed by atoms with Gasteiger partial charge in [-0.1, -0.05) is 18.2 Å². The minimum absolute atomic E-state index is 0.0518. The van der Waals surface area contributed by atoms with E-state index in [1.165, 1.54) is 0 Å². The molecule has 30 heavy (non-hydrogen) atoms. The molecule has 0 aliphatic heterocycles. The van der Waals surface area contributed by atoms with Crippen LogP contribution in [0.4, 0.5) is 5.95 Å². The van der Waals surface area contributed by atoms with E-state index in [1.807, 2.05) is 62.4 Å². The topological polar surface area (TPSA) is 123 Å². The van der Waals surface area contributed by atoms with E-state index in [9.17, 15) is 5.11 Å². The zero-order chi connectivity index (χ0) is 21.3. The van der Waals surface area contributed by atoms with Crippen LogP contribution in [0.15, 0.2) is 48.5 Å². The van der Waals surface area contributed by atoms with Crippen molar-refractivity contribution in [1.29, 1.82) is 5.41 Å². The first kappa shape index (κ1) is 19.5. The van der Waals surface area contributed by atoms with Crippen LogP contribution >= 0.6 is 0 Å². The first-order valence-electron chi connectivity index (χ1n) is 9.57. The number of nitrogens with one attached hydrogen (secondary N) is 1. The molecule has 152 valence electrons. The SMILES string of the molecule is CCOc1ccc(-c2nc(C(=N)CO)c3nc(N)n(-c4ccccc4C)c3n2)cc1. The maximum atomic E-state index is 9.57. The fourth-order valence-corrected chi connectivity index (χ4v) is 3.31. The van der Waals surface area contributed by atoms with E-state index >= 15 is 0 Å². The van der Waals surface area contributed by atoms with Crippen molar-refractivity contribution in [3.63, 3.8) is 0 Å². The average molecular weight is 402 g/mol. The smallest absolute Gasteiger partial charge is 0.207 e. The number of rotatable bonds is 6. The Morgan fingerprint density at radius 2 is 1.83 bits per heavy atom. The van der Waals surface area contributed by atoms with Crippen molar-refractivity contribution in [3.05, 3.63) is 59.8 Å². The first-order chi connectivity index (χ1) is 14.5. The number of para-hydroxylation sites is 1. The summed E-state index contributed by atoms with van der Waals surface area (Å²) in [5.41, 5.74) is 9.90. The number of hydrogen-bond donors (Lipinski definition) is 3. The second kappa shape index (κ2) is 7.92. The highest BCUT2D eigenvalue weighted by Gasteiger charge is 2.21. The number of ether oxygens (including phenoxy) is 1. The van der Waals surface area contributed by atoms with Crippen molar-refractivity contribution in [2.24, 2.45) is 0 Å². The Kier molecular flexibility index (Phi) is 5.16. The molecular formula is C22H22N6O2. The van der Waals surface area contributed by atoms with Gasteiger partial charge >= 0.3 is 0 Å². The Balaban J connectivity index is 1.97. The van der Waals surface area contributed by atoms with Crippen molar-refractivity contribution >= 4 is 22.8 Å². The fraction of sp³-hybridized carbons (Fsp3) is 0.182. The summed E-state index contributed by atoms with van der Waals surface area (Å²) in [5, 5.41) is 17.8. The molecule has 0 aliphatic rings. The fourth-order valence-electron chi connectivity index (χ4n) is 3.31. The van der Waals surface area contributed by atoms with Gasteiger partial charge in [0, 0.05) is 5.56 Å². The average Bonchev–Trinajstić information content (AvgIpc) is 3.09. The highest BCUT2D eigenvalue weighted by atomic mass is 16.5. The van der Waals surface area contributed by atoms with Gasteiger partial charge in [-0.05, 0) is 49.7 Å². The number of benzene rings is 2. The number of imidazole rings is 1. The van der Waals surface area contributed by atoms with E-state index in [0.29, 0.717) is 23.6 Å². The van der Waals surface area contributed by atoms with E-state index in [2.05, 4.69) is 9.97 Å². The second-order valence-corrected chi connectivity index (χ2v) is 6.75. The van der Waals surface area contributed by atoms with E-state index in [4.69, 9.17) is 20.9 Å². The molecule has 0 spiro atoms. The summed E-state index contributed by atoms with van der Waals surface area (Å²) in [6.45, 7) is 4.02. The molecule has 4 rings (SSSR count). The lowest BCUT2D eigenvalue weighted by Crippen LogP contribution is -2.10. The van der Waals surface area contributed by atoms with E-state index < -0.39 is 6.61 Å². The van der Waals surface area contributed by atoms with Crippen LogP contribution in [0.1, 0.15) is 18.2 Å². The lowest BCUT2D eigenvalue weighted by atomic mass is 10.1. The van der Waals surface area contributed by atoms with Crippen LogP contribution in [0.25, 0.3) is 28.2 Å². The van der Waals surface area contributed by atoms with Gasteiger partial charge in [-0.3, -0.25) is 4.57 Å². The summed E-state index contributed by atoms with van der Waals surface area (Å²) in [6.07, 6.45) is 0. The number of aromatic nitrogens is 4. The van der Waals surface area contributed by atoms with Crippen LogP contribution in [0.3, 0.4) is 0 Å². The number of aliphatic hydroxyl groups excluding tert-OH is 1. The summed E-state index contributed by atoms with van der Waals surface area (Å²) in [5.74, 6) is 1.40. The van der Waals surface area contributed by atoms with Crippen LogP contribution in [0.2, 0.25) is 0 Å². The number of nitrogens with zero attached hydrogens (tertiary/aromatic N) is 4. The lowest BCUT2D eigenvalue weighted by molar-refractivity contribution is 0.340. The quantitative estimate of drug-likeness (QED) is 0.426. The van der Waals surface area contributed by atoms with Crippen LogP contribution in [0.5, 0.6) is 5.75 Å². The number of fused-ring (bicyclic) bond motifs is 1. The third-order valence-electron chi connectivity index (χ3n) is 4.76. The van der Waals surface area contributed by atoms with Gasteiger partial charge in [0.2, 0.25) is 5.95 Å². The molecule has 2 aromatic heterocycles. The first-order valence-corrected chi connectivity index (χ1v) is 9.57. The molecule has 8 heteroatoms. The molecule has 0 unspecified atom stereocenters. The zero-order valence-electron chi connectivity index (χ0n) is 16.8. The summed E-state index contributed by atoms with van der Waals surface area (Å²) in [4.78, 5) is 13.7. The zero-order valence-corrected chi connectivity index (χ0v) is 16.8. The third-order valence-corrected chi connectivity index (χ3v) is 4.76. The Bertz CT molecular complexity index is 1230. The largest absolute Gasteiger partial charge is 0.494 e. The predicted molar refractivity (Wildman–Crippen MR) is 116 cm³/mol. The summed E-state index contributed by atoms with van der Waals surface area (Å²) >= 11 is 0. The van der Waals surface area contributed by atoms with Gasteiger partial charge in [-0.25, -0.2) is 15.0 Å².